The number of carbonyl (C=O) groups is 1. The van der Waals surface area contributed by atoms with Gasteiger partial charge in [0.05, 0.1) is 18.0 Å². The van der Waals surface area contributed by atoms with Crippen LogP contribution >= 0.6 is 0 Å². The molecule has 35 heavy (non-hydrogen) atoms. The van der Waals surface area contributed by atoms with Crippen molar-refractivity contribution in [3.8, 4) is 11.1 Å². The lowest BCUT2D eigenvalue weighted by Gasteiger charge is -2.22. The first kappa shape index (κ1) is 22.6. The highest BCUT2D eigenvalue weighted by molar-refractivity contribution is 6.01. The maximum Gasteiger partial charge on any atom is 0.325 e. The number of fused-ring (bicyclic) bond motifs is 1. The Labute approximate surface area is 197 Å². The number of rotatable bonds is 4. The topological polar surface area (TPSA) is 80.3 Å². The first-order valence-corrected chi connectivity index (χ1v) is 10.8. The fourth-order valence-corrected chi connectivity index (χ4v) is 4.62. The number of urea groups is 1. The van der Waals surface area contributed by atoms with E-state index in [0.717, 1.165) is 6.07 Å². The van der Waals surface area contributed by atoms with Gasteiger partial charge >= 0.3 is 6.03 Å². The number of nitrogens with two attached hydrogens (primary N) is 1. The van der Waals surface area contributed by atoms with E-state index in [1.165, 1.54) is 28.3 Å². The number of likely N-dealkylation sites (N-methyl/N-ethyl adjacent to an activating group) is 1. The van der Waals surface area contributed by atoms with Crippen molar-refractivity contribution in [3.63, 3.8) is 0 Å². The van der Waals surface area contributed by atoms with Crippen LogP contribution in [-0.4, -0.2) is 38.6 Å². The third kappa shape index (κ3) is 3.54. The van der Waals surface area contributed by atoms with Crippen LogP contribution in [0.5, 0.6) is 0 Å². The summed E-state index contributed by atoms with van der Waals surface area (Å²) in [5, 5.41) is 0.500. The van der Waals surface area contributed by atoms with Crippen molar-refractivity contribution in [2.45, 2.75) is 13.0 Å². The second-order valence-electron chi connectivity index (χ2n) is 8.26. The van der Waals surface area contributed by atoms with Gasteiger partial charge in [-0.1, -0.05) is 0 Å². The number of aromatic nitrogens is 3. The molecule has 1 aliphatic rings. The lowest BCUT2D eigenvalue weighted by Crippen LogP contribution is -2.32. The molecule has 1 fully saturated rings. The molecule has 2 amide bonds. The first-order valence-electron chi connectivity index (χ1n) is 10.8. The smallest absolute Gasteiger partial charge is 0.325 e. The molecule has 1 atom stereocenters. The SMILES string of the molecule is CCN1C(=O)N(c2ccc(-c3cn(C)c4ncnc(N)c34)c(F)c2)CC1c1cc(F)cc(F)c1F. The Balaban J connectivity index is 1.53. The fourth-order valence-electron chi connectivity index (χ4n) is 4.62. The Hall–Kier alpha value is -4.15. The Morgan fingerprint density at radius 2 is 1.83 bits per heavy atom. The van der Waals surface area contributed by atoms with E-state index in [1.54, 1.807) is 30.8 Å². The van der Waals surface area contributed by atoms with Gasteiger partial charge in [0.15, 0.2) is 11.6 Å². The second kappa shape index (κ2) is 8.26. The molecule has 1 saturated heterocycles. The van der Waals surface area contributed by atoms with Crippen LogP contribution in [0.3, 0.4) is 0 Å². The van der Waals surface area contributed by atoms with Gasteiger partial charge in [-0.15, -0.1) is 0 Å². The zero-order chi connectivity index (χ0) is 25.0. The zero-order valence-electron chi connectivity index (χ0n) is 18.8. The molecule has 4 aromatic rings. The Morgan fingerprint density at radius 3 is 2.54 bits per heavy atom. The van der Waals surface area contributed by atoms with Crippen LogP contribution in [-0.2, 0) is 7.05 Å². The molecule has 2 aromatic heterocycles. The van der Waals surface area contributed by atoms with Gasteiger partial charge in [0, 0.05) is 48.2 Å². The van der Waals surface area contributed by atoms with Crippen LogP contribution in [0.25, 0.3) is 22.2 Å². The van der Waals surface area contributed by atoms with Gasteiger partial charge in [-0.05, 0) is 31.2 Å². The summed E-state index contributed by atoms with van der Waals surface area (Å²) in [6, 6.07) is 4.08. The van der Waals surface area contributed by atoms with Crippen molar-refractivity contribution in [1.82, 2.24) is 19.4 Å². The van der Waals surface area contributed by atoms with Crippen LogP contribution in [0.15, 0.2) is 42.9 Å². The predicted molar refractivity (Wildman–Crippen MR) is 122 cm³/mol. The summed E-state index contributed by atoms with van der Waals surface area (Å²) in [4.78, 5) is 23.8. The largest absolute Gasteiger partial charge is 0.383 e. The van der Waals surface area contributed by atoms with Crippen LogP contribution < -0.4 is 10.6 Å². The standard InChI is InChI=1S/C24H20F4N6O/c1-3-33-19(15-6-12(25)7-18(27)21(15)28)10-34(24(33)35)13-4-5-14(17(26)8-13)16-9-32(2)23-20(16)22(29)30-11-31-23/h4-9,11,19H,3,10H2,1-2H3,(H2,29,30,31). The highest BCUT2D eigenvalue weighted by Crippen LogP contribution is 2.38. The Kier molecular flexibility index (Phi) is 5.34. The molecular weight excluding hydrogens is 464 g/mol. The fraction of sp³-hybridized carbons (Fsp3) is 0.208. The quantitative estimate of drug-likeness (QED) is 0.334. The molecule has 3 heterocycles. The number of anilines is 2. The van der Waals surface area contributed by atoms with Crippen LogP contribution in [0.1, 0.15) is 18.5 Å². The number of nitrogen functional groups attached to an aromatic ring is 1. The lowest BCUT2D eigenvalue weighted by molar-refractivity contribution is 0.208. The van der Waals surface area contributed by atoms with Crippen molar-refractivity contribution in [2.75, 3.05) is 23.7 Å². The summed E-state index contributed by atoms with van der Waals surface area (Å²) >= 11 is 0. The van der Waals surface area contributed by atoms with Gasteiger partial charge in [-0.25, -0.2) is 32.3 Å². The highest BCUT2D eigenvalue weighted by atomic mass is 19.2. The van der Waals surface area contributed by atoms with Crippen LogP contribution in [0, 0.1) is 23.3 Å². The Bertz CT molecular complexity index is 1490. The summed E-state index contributed by atoms with van der Waals surface area (Å²) < 4.78 is 59.2. The number of halogens is 4. The van der Waals surface area contributed by atoms with Gasteiger partial charge in [-0.2, -0.15) is 0 Å². The normalized spacial score (nSPS) is 16.1. The van der Waals surface area contributed by atoms with E-state index in [9.17, 15) is 18.0 Å². The molecule has 0 aliphatic carbocycles. The van der Waals surface area contributed by atoms with Crippen LogP contribution in [0.2, 0.25) is 0 Å². The number of amides is 2. The molecule has 0 spiro atoms. The molecule has 1 aliphatic heterocycles. The number of benzene rings is 2. The van der Waals surface area contributed by atoms with E-state index in [2.05, 4.69) is 9.97 Å². The molecule has 0 radical (unpaired) electrons. The maximum atomic E-state index is 15.4. The molecule has 0 saturated carbocycles. The third-order valence-corrected chi connectivity index (χ3v) is 6.27. The number of nitrogens with zero attached hydrogens (tertiary/aromatic N) is 5. The molecule has 5 rings (SSSR count). The maximum absolute atomic E-state index is 15.4. The van der Waals surface area contributed by atoms with Crippen molar-refractivity contribution in [1.29, 1.82) is 0 Å². The van der Waals surface area contributed by atoms with Crippen LogP contribution in [0.4, 0.5) is 33.9 Å². The molecule has 0 bridgehead atoms. The van der Waals surface area contributed by atoms with Gasteiger partial charge in [0.1, 0.15) is 29.4 Å². The van der Waals surface area contributed by atoms with E-state index >= 15 is 4.39 Å². The summed E-state index contributed by atoms with van der Waals surface area (Å²) in [6.07, 6.45) is 3.01. The van der Waals surface area contributed by atoms with E-state index in [4.69, 9.17) is 5.73 Å². The van der Waals surface area contributed by atoms with Crippen molar-refractivity contribution < 1.29 is 22.4 Å². The van der Waals surface area contributed by atoms with E-state index in [1.807, 2.05) is 0 Å². The van der Waals surface area contributed by atoms with E-state index in [-0.39, 0.29) is 35.7 Å². The summed E-state index contributed by atoms with van der Waals surface area (Å²) in [7, 11) is 1.75. The number of hydrogen-bond acceptors (Lipinski definition) is 4. The molecule has 2 N–H and O–H groups in total. The van der Waals surface area contributed by atoms with Crippen molar-refractivity contribution in [2.24, 2.45) is 7.05 Å². The molecular formula is C24H20F4N6O. The average molecular weight is 484 g/mol. The Morgan fingerprint density at radius 1 is 1.06 bits per heavy atom. The summed E-state index contributed by atoms with van der Waals surface area (Å²) in [5.74, 6) is -3.93. The molecule has 11 heteroatoms. The monoisotopic (exact) mass is 484 g/mol. The van der Waals surface area contributed by atoms with Gasteiger partial charge in [0.2, 0.25) is 0 Å². The predicted octanol–water partition coefficient (Wildman–Crippen LogP) is 4.78. The van der Waals surface area contributed by atoms with E-state index in [0.29, 0.717) is 22.7 Å². The minimum atomic E-state index is -1.34. The molecule has 1 unspecified atom stereocenters. The second-order valence-corrected chi connectivity index (χ2v) is 8.26. The summed E-state index contributed by atoms with van der Waals surface area (Å²) in [6.45, 7) is 1.71. The minimum Gasteiger partial charge on any atom is -0.383 e. The van der Waals surface area contributed by atoms with Gasteiger partial charge < -0.3 is 15.2 Å². The highest BCUT2D eigenvalue weighted by Gasteiger charge is 2.40. The molecule has 2 aromatic carbocycles. The van der Waals surface area contributed by atoms with Crippen molar-refractivity contribution in [3.05, 3.63) is 71.7 Å². The third-order valence-electron chi connectivity index (χ3n) is 6.27. The van der Waals surface area contributed by atoms with Gasteiger partial charge in [0.25, 0.3) is 0 Å². The first-order chi connectivity index (χ1) is 16.7. The average Bonchev–Trinajstić information content (AvgIpc) is 3.33. The number of hydrogen-bond donors (Lipinski definition) is 1. The lowest BCUT2D eigenvalue weighted by atomic mass is 10.0. The zero-order valence-corrected chi connectivity index (χ0v) is 18.8. The number of aryl methyl sites for hydroxylation is 1. The van der Waals surface area contributed by atoms with Gasteiger partial charge in [-0.3, -0.25) is 4.90 Å². The minimum absolute atomic E-state index is 0.111. The molecule has 180 valence electrons. The summed E-state index contributed by atoms with van der Waals surface area (Å²) in [5.41, 5.74) is 7.22. The van der Waals surface area contributed by atoms with E-state index < -0.39 is 35.3 Å². The van der Waals surface area contributed by atoms with Crippen molar-refractivity contribution >= 4 is 28.6 Å². The molecule has 7 nitrogen and oxygen atoms in total. The number of carbonyl (C=O) groups excluding carboxylic acids is 1.